The van der Waals surface area contributed by atoms with Gasteiger partial charge in [-0.25, -0.2) is 14.0 Å². The van der Waals surface area contributed by atoms with Crippen molar-refractivity contribution in [2.75, 3.05) is 5.32 Å². The molecule has 0 saturated carbocycles. The summed E-state index contributed by atoms with van der Waals surface area (Å²) in [5, 5.41) is 5.18. The van der Waals surface area contributed by atoms with Gasteiger partial charge in [0, 0.05) is 5.69 Å². The second-order valence-electron chi connectivity index (χ2n) is 6.82. The van der Waals surface area contributed by atoms with Crippen LogP contribution in [0.25, 0.3) is 0 Å². The molecular weight excluding hydrogens is 299 g/mol. The van der Waals surface area contributed by atoms with Gasteiger partial charge in [-0.3, -0.25) is 0 Å². The third-order valence-electron chi connectivity index (χ3n) is 2.81. The van der Waals surface area contributed by atoms with Crippen molar-refractivity contribution >= 4 is 17.7 Å². The zero-order valence-electron chi connectivity index (χ0n) is 14.3. The predicted molar refractivity (Wildman–Crippen MR) is 87.6 cm³/mol. The molecule has 1 atom stereocenters. The Bertz CT molecular complexity index is 536. The molecule has 0 heterocycles. The lowest BCUT2D eigenvalue weighted by atomic mass is 10.0. The van der Waals surface area contributed by atoms with E-state index in [1.165, 1.54) is 24.3 Å². The fourth-order valence-electron chi connectivity index (χ4n) is 1.92. The molecule has 1 aromatic rings. The highest BCUT2D eigenvalue weighted by atomic mass is 19.1. The number of halogens is 1. The van der Waals surface area contributed by atoms with Gasteiger partial charge in [0.15, 0.2) is 0 Å². The van der Waals surface area contributed by atoms with Crippen molar-refractivity contribution in [2.24, 2.45) is 5.92 Å². The van der Waals surface area contributed by atoms with E-state index in [1.807, 2.05) is 13.8 Å². The molecule has 0 aliphatic heterocycles. The summed E-state index contributed by atoms with van der Waals surface area (Å²) in [4.78, 5) is 24.2. The SMILES string of the molecule is CC(C)C[C@H](NC(=O)Nc1ccc(F)cc1)C(=O)OC(C)(C)C. The molecule has 0 fully saturated rings. The second kappa shape index (κ2) is 7.94. The van der Waals surface area contributed by atoms with Crippen molar-refractivity contribution in [2.45, 2.75) is 52.7 Å². The third-order valence-corrected chi connectivity index (χ3v) is 2.81. The predicted octanol–water partition coefficient (Wildman–Crippen LogP) is 3.70. The Kier molecular flexibility index (Phi) is 6.54. The van der Waals surface area contributed by atoms with E-state index >= 15 is 0 Å². The highest BCUT2D eigenvalue weighted by molar-refractivity contribution is 5.92. The van der Waals surface area contributed by atoms with Gasteiger partial charge in [0.2, 0.25) is 0 Å². The van der Waals surface area contributed by atoms with E-state index in [0.717, 1.165) is 0 Å². The number of hydrogen-bond donors (Lipinski definition) is 2. The van der Waals surface area contributed by atoms with Gasteiger partial charge in [0.25, 0.3) is 0 Å². The van der Waals surface area contributed by atoms with Gasteiger partial charge in [-0.15, -0.1) is 0 Å². The lowest BCUT2D eigenvalue weighted by molar-refractivity contribution is -0.157. The van der Waals surface area contributed by atoms with Crippen molar-refractivity contribution in [1.29, 1.82) is 0 Å². The van der Waals surface area contributed by atoms with Crippen LogP contribution in [0.15, 0.2) is 24.3 Å². The largest absolute Gasteiger partial charge is 0.458 e. The summed E-state index contributed by atoms with van der Waals surface area (Å²) in [6.45, 7) is 9.23. The van der Waals surface area contributed by atoms with E-state index in [2.05, 4.69) is 10.6 Å². The zero-order chi connectivity index (χ0) is 17.6. The molecule has 0 bridgehead atoms. The molecule has 0 aliphatic rings. The van der Waals surface area contributed by atoms with Crippen molar-refractivity contribution < 1.29 is 18.7 Å². The van der Waals surface area contributed by atoms with E-state index in [4.69, 9.17) is 4.74 Å². The number of esters is 1. The first-order chi connectivity index (χ1) is 10.6. The Labute approximate surface area is 136 Å². The van der Waals surface area contributed by atoms with Crippen molar-refractivity contribution in [3.05, 3.63) is 30.1 Å². The molecule has 1 aromatic carbocycles. The number of hydrogen-bond acceptors (Lipinski definition) is 3. The van der Waals surface area contributed by atoms with Crippen molar-refractivity contribution in [3.8, 4) is 0 Å². The summed E-state index contributed by atoms with van der Waals surface area (Å²) in [5.41, 5.74) is -0.182. The van der Waals surface area contributed by atoms with E-state index in [1.54, 1.807) is 20.8 Å². The topological polar surface area (TPSA) is 67.4 Å². The number of nitrogens with one attached hydrogen (secondary N) is 2. The second-order valence-corrected chi connectivity index (χ2v) is 6.82. The Morgan fingerprint density at radius 2 is 1.74 bits per heavy atom. The lowest BCUT2D eigenvalue weighted by Gasteiger charge is -2.25. The van der Waals surface area contributed by atoms with Crippen molar-refractivity contribution in [1.82, 2.24) is 5.32 Å². The minimum atomic E-state index is -0.741. The summed E-state index contributed by atoms with van der Waals surface area (Å²) in [7, 11) is 0. The van der Waals surface area contributed by atoms with Gasteiger partial charge in [0.05, 0.1) is 0 Å². The van der Waals surface area contributed by atoms with Crippen LogP contribution in [0, 0.1) is 11.7 Å². The van der Waals surface area contributed by atoms with Crippen LogP contribution in [-0.4, -0.2) is 23.6 Å². The van der Waals surface area contributed by atoms with Gasteiger partial charge in [-0.05, 0) is 57.4 Å². The van der Waals surface area contributed by atoms with Crippen molar-refractivity contribution in [3.63, 3.8) is 0 Å². The first-order valence-corrected chi connectivity index (χ1v) is 7.63. The number of urea groups is 1. The lowest BCUT2D eigenvalue weighted by Crippen LogP contribution is -2.46. The summed E-state index contributed by atoms with van der Waals surface area (Å²) >= 11 is 0. The van der Waals surface area contributed by atoms with Gasteiger partial charge in [-0.2, -0.15) is 0 Å². The molecule has 2 amide bonds. The average molecular weight is 324 g/mol. The van der Waals surface area contributed by atoms with Crippen LogP contribution in [0.4, 0.5) is 14.9 Å². The maximum Gasteiger partial charge on any atom is 0.329 e. The minimum absolute atomic E-state index is 0.207. The molecule has 1 rings (SSSR count). The number of benzene rings is 1. The van der Waals surface area contributed by atoms with Crippen LogP contribution >= 0.6 is 0 Å². The molecule has 0 spiro atoms. The molecular formula is C17H25FN2O3. The van der Waals surface area contributed by atoms with Crippen LogP contribution in [-0.2, 0) is 9.53 Å². The summed E-state index contributed by atoms with van der Waals surface area (Å²) < 4.78 is 18.2. The van der Waals surface area contributed by atoms with Gasteiger partial charge in [0.1, 0.15) is 17.5 Å². The van der Waals surface area contributed by atoms with E-state index in [0.29, 0.717) is 12.1 Å². The fourth-order valence-corrected chi connectivity index (χ4v) is 1.92. The molecule has 23 heavy (non-hydrogen) atoms. The number of carbonyl (C=O) groups is 2. The number of ether oxygens (including phenoxy) is 1. The third kappa shape index (κ3) is 7.63. The molecule has 0 unspecified atom stereocenters. The molecule has 0 aliphatic carbocycles. The average Bonchev–Trinajstić information content (AvgIpc) is 2.38. The molecule has 0 aromatic heterocycles. The Morgan fingerprint density at radius 1 is 1.17 bits per heavy atom. The number of carbonyl (C=O) groups excluding carboxylic acids is 2. The Hall–Kier alpha value is -2.11. The first-order valence-electron chi connectivity index (χ1n) is 7.63. The van der Waals surface area contributed by atoms with E-state index < -0.39 is 23.6 Å². The van der Waals surface area contributed by atoms with E-state index in [9.17, 15) is 14.0 Å². The van der Waals surface area contributed by atoms with Gasteiger partial charge >= 0.3 is 12.0 Å². The minimum Gasteiger partial charge on any atom is -0.458 e. The highest BCUT2D eigenvalue weighted by Gasteiger charge is 2.27. The van der Waals surface area contributed by atoms with Crippen LogP contribution in [0.2, 0.25) is 0 Å². The monoisotopic (exact) mass is 324 g/mol. The standard InChI is InChI=1S/C17H25FN2O3/c1-11(2)10-14(15(21)23-17(3,4)5)20-16(22)19-13-8-6-12(18)7-9-13/h6-9,11,14H,10H2,1-5H3,(H2,19,20,22)/t14-/m0/s1. The number of anilines is 1. The van der Waals surface area contributed by atoms with Crippen LogP contribution < -0.4 is 10.6 Å². The zero-order valence-corrected chi connectivity index (χ0v) is 14.3. The summed E-state index contributed by atoms with van der Waals surface area (Å²) in [5.74, 6) is -0.651. The summed E-state index contributed by atoms with van der Waals surface area (Å²) in [6.07, 6.45) is 0.464. The number of amides is 2. The van der Waals surface area contributed by atoms with Gasteiger partial charge in [-0.1, -0.05) is 13.8 Å². The van der Waals surface area contributed by atoms with Gasteiger partial charge < -0.3 is 15.4 Å². The normalized spacial score (nSPS) is 12.7. The van der Waals surface area contributed by atoms with Crippen LogP contribution in [0.3, 0.4) is 0 Å². The smallest absolute Gasteiger partial charge is 0.329 e. The Balaban J connectivity index is 2.70. The van der Waals surface area contributed by atoms with Crippen LogP contribution in [0.5, 0.6) is 0 Å². The first kappa shape index (κ1) is 18.9. The highest BCUT2D eigenvalue weighted by Crippen LogP contribution is 2.13. The fraction of sp³-hybridized carbons (Fsp3) is 0.529. The Morgan fingerprint density at radius 3 is 2.22 bits per heavy atom. The molecule has 6 heteroatoms. The molecule has 0 radical (unpaired) electrons. The molecule has 128 valence electrons. The van der Waals surface area contributed by atoms with E-state index in [-0.39, 0.29) is 11.7 Å². The maximum atomic E-state index is 12.9. The van der Waals surface area contributed by atoms with Crippen LogP contribution in [0.1, 0.15) is 41.0 Å². The molecule has 2 N–H and O–H groups in total. The molecule has 0 saturated heterocycles. The number of rotatable bonds is 5. The maximum absolute atomic E-state index is 12.9. The summed E-state index contributed by atoms with van der Waals surface area (Å²) in [6, 6.07) is 4.10. The molecule has 5 nitrogen and oxygen atoms in total. The quantitative estimate of drug-likeness (QED) is 0.812.